The molecule has 0 heterocycles. The third-order valence-electron chi connectivity index (χ3n) is 3.11. The number of aliphatic hydroxyl groups is 1. The number of hydrogen-bond acceptors (Lipinski definition) is 1. The largest absolute Gasteiger partial charge is 0.393 e. The first-order valence-corrected chi connectivity index (χ1v) is 4.83. The number of rotatable bonds is 1. The van der Waals surface area contributed by atoms with E-state index in [1.54, 1.807) is 0 Å². The number of aliphatic hydroxyl groups excluding tert-OH is 1. The quantitative estimate of drug-likeness (QED) is 0.618. The predicted octanol–water partition coefficient (Wildman–Crippen LogP) is 2.44. The van der Waals surface area contributed by atoms with E-state index in [0.29, 0.717) is 5.92 Å². The summed E-state index contributed by atoms with van der Waals surface area (Å²) in [5, 5.41) is 9.71. The summed E-state index contributed by atoms with van der Waals surface area (Å²) >= 11 is 0. The van der Waals surface area contributed by atoms with Gasteiger partial charge in [0.1, 0.15) is 0 Å². The summed E-state index contributed by atoms with van der Waals surface area (Å²) in [6.45, 7) is 6.69. The molecule has 0 aromatic rings. The molecule has 1 aliphatic rings. The maximum atomic E-state index is 9.71. The Kier molecular flexibility index (Phi) is 2.94. The van der Waals surface area contributed by atoms with Gasteiger partial charge in [-0.15, -0.1) is 0 Å². The fraction of sp³-hybridized carbons (Fsp3) is 1.00. The molecule has 0 saturated heterocycles. The van der Waals surface area contributed by atoms with Crippen molar-refractivity contribution in [1.82, 2.24) is 0 Å². The second-order valence-corrected chi connectivity index (χ2v) is 4.19. The van der Waals surface area contributed by atoms with Crippen LogP contribution in [0.3, 0.4) is 0 Å². The number of hydrogen-bond donors (Lipinski definition) is 1. The summed E-state index contributed by atoms with van der Waals surface area (Å²) in [4.78, 5) is 0. The van der Waals surface area contributed by atoms with Crippen LogP contribution in [0.25, 0.3) is 0 Å². The van der Waals surface area contributed by atoms with Crippen LogP contribution >= 0.6 is 0 Å². The van der Waals surface area contributed by atoms with Gasteiger partial charge in [0.05, 0.1) is 6.10 Å². The van der Waals surface area contributed by atoms with Gasteiger partial charge in [0, 0.05) is 0 Å². The van der Waals surface area contributed by atoms with E-state index in [-0.39, 0.29) is 6.10 Å². The minimum Gasteiger partial charge on any atom is -0.393 e. The lowest BCUT2D eigenvalue weighted by atomic mass is 9.73. The van der Waals surface area contributed by atoms with Crippen molar-refractivity contribution in [3.63, 3.8) is 0 Å². The standard InChI is InChI=1S/C10H20O/c1-4-9-8(3)5-7(2)6-10(9)11/h7-11H,4-6H2,1-3H3. The van der Waals surface area contributed by atoms with Gasteiger partial charge < -0.3 is 5.11 Å². The van der Waals surface area contributed by atoms with Crippen LogP contribution < -0.4 is 0 Å². The van der Waals surface area contributed by atoms with Crippen LogP contribution in [0.2, 0.25) is 0 Å². The van der Waals surface area contributed by atoms with Crippen molar-refractivity contribution in [2.75, 3.05) is 0 Å². The van der Waals surface area contributed by atoms with Crippen molar-refractivity contribution in [3.05, 3.63) is 0 Å². The molecule has 1 fully saturated rings. The van der Waals surface area contributed by atoms with E-state index in [1.807, 2.05) is 0 Å². The Bertz CT molecular complexity index is 110. The van der Waals surface area contributed by atoms with Crippen molar-refractivity contribution in [1.29, 1.82) is 0 Å². The van der Waals surface area contributed by atoms with Crippen LogP contribution in [0, 0.1) is 17.8 Å². The SMILES string of the molecule is CCC1C(C)CC(C)CC1O. The van der Waals surface area contributed by atoms with Crippen LogP contribution in [-0.4, -0.2) is 11.2 Å². The maximum absolute atomic E-state index is 9.71. The van der Waals surface area contributed by atoms with Crippen LogP contribution in [-0.2, 0) is 0 Å². The first kappa shape index (κ1) is 9.05. The third kappa shape index (κ3) is 1.96. The average molecular weight is 156 g/mol. The Morgan fingerprint density at radius 2 is 1.91 bits per heavy atom. The van der Waals surface area contributed by atoms with Gasteiger partial charge in [0.15, 0.2) is 0 Å². The molecule has 0 aliphatic heterocycles. The van der Waals surface area contributed by atoms with Crippen LogP contribution in [0.15, 0.2) is 0 Å². The van der Waals surface area contributed by atoms with E-state index in [2.05, 4.69) is 20.8 Å². The Morgan fingerprint density at radius 1 is 1.27 bits per heavy atom. The van der Waals surface area contributed by atoms with Crippen LogP contribution in [0.4, 0.5) is 0 Å². The van der Waals surface area contributed by atoms with E-state index in [9.17, 15) is 5.11 Å². The molecule has 0 spiro atoms. The molecule has 0 bridgehead atoms. The van der Waals surface area contributed by atoms with E-state index in [1.165, 1.54) is 6.42 Å². The van der Waals surface area contributed by atoms with Crippen LogP contribution in [0.1, 0.15) is 40.0 Å². The highest BCUT2D eigenvalue weighted by atomic mass is 16.3. The average Bonchev–Trinajstić information content (AvgIpc) is 1.85. The molecular weight excluding hydrogens is 136 g/mol. The molecule has 11 heavy (non-hydrogen) atoms. The van der Waals surface area contributed by atoms with Gasteiger partial charge in [-0.1, -0.05) is 27.2 Å². The fourth-order valence-corrected chi connectivity index (χ4v) is 2.55. The highest BCUT2D eigenvalue weighted by molar-refractivity contribution is 4.81. The maximum Gasteiger partial charge on any atom is 0.0573 e. The zero-order valence-corrected chi connectivity index (χ0v) is 7.88. The summed E-state index contributed by atoms with van der Waals surface area (Å²) in [6.07, 6.45) is 3.42. The molecule has 1 saturated carbocycles. The molecular formula is C10H20O. The second kappa shape index (κ2) is 3.57. The van der Waals surface area contributed by atoms with Crippen molar-refractivity contribution in [3.8, 4) is 0 Å². The molecule has 1 nitrogen and oxygen atoms in total. The molecule has 4 atom stereocenters. The highest BCUT2D eigenvalue weighted by Gasteiger charge is 2.30. The summed E-state index contributed by atoms with van der Waals surface area (Å²) in [6, 6.07) is 0. The van der Waals surface area contributed by atoms with Gasteiger partial charge in [-0.25, -0.2) is 0 Å². The Labute approximate surface area is 69.8 Å². The van der Waals surface area contributed by atoms with Gasteiger partial charge in [0.25, 0.3) is 0 Å². The van der Waals surface area contributed by atoms with Gasteiger partial charge in [-0.05, 0) is 30.6 Å². The molecule has 66 valence electrons. The Hall–Kier alpha value is -0.0400. The lowest BCUT2D eigenvalue weighted by Gasteiger charge is -2.36. The summed E-state index contributed by atoms with van der Waals surface area (Å²) in [5.74, 6) is 2.01. The zero-order chi connectivity index (χ0) is 8.43. The monoisotopic (exact) mass is 156 g/mol. The topological polar surface area (TPSA) is 20.2 Å². The molecule has 1 N–H and O–H groups in total. The van der Waals surface area contributed by atoms with Gasteiger partial charge in [-0.3, -0.25) is 0 Å². The first-order valence-electron chi connectivity index (χ1n) is 4.83. The van der Waals surface area contributed by atoms with Crippen molar-refractivity contribution >= 4 is 0 Å². The summed E-state index contributed by atoms with van der Waals surface area (Å²) in [5.41, 5.74) is 0. The predicted molar refractivity (Wildman–Crippen MR) is 47.3 cm³/mol. The van der Waals surface area contributed by atoms with Gasteiger partial charge >= 0.3 is 0 Å². The minimum absolute atomic E-state index is 0.0289. The van der Waals surface area contributed by atoms with Gasteiger partial charge in [0.2, 0.25) is 0 Å². The minimum atomic E-state index is -0.0289. The van der Waals surface area contributed by atoms with E-state index < -0.39 is 0 Å². The lowest BCUT2D eigenvalue weighted by molar-refractivity contribution is 0.0147. The van der Waals surface area contributed by atoms with E-state index in [4.69, 9.17) is 0 Å². The zero-order valence-electron chi connectivity index (χ0n) is 7.88. The Morgan fingerprint density at radius 3 is 2.36 bits per heavy atom. The van der Waals surface area contributed by atoms with Gasteiger partial charge in [-0.2, -0.15) is 0 Å². The molecule has 1 rings (SSSR count). The van der Waals surface area contributed by atoms with Crippen LogP contribution in [0.5, 0.6) is 0 Å². The Balaban J connectivity index is 2.52. The molecule has 4 unspecified atom stereocenters. The third-order valence-corrected chi connectivity index (χ3v) is 3.11. The second-order valence-electron chi connectivity index (χ2n) is 4.19. The molecule has 0 radical (unpaired) electrons. The first-order chi connectivity index (χ1) is 5.15. The van der Waals surface area contributed by atoms with Crippen molar-refractivity contribution < 1.29 is 5.11 Å². The molecule has 0 aromatic carbocycles. The summed E-state index contributed by atoms with van der Waals surface area (Å²) in [7, 11) is 0. The van der Waals surface area contributed by atoms with Crippen molar-refractivity contribution in [2.24, 2.45) is 17.8 Å². The summed E-state index contributed by atoms with van der Waals surface area (Å²) < 4.78 is 0. The molecule has 1 heteroatoms. The van der Waals surface area contributed by atoms with E-state index in [0.717, 1.165) is 24.7 Å². The van der Waals surface area contributed by atoms with E-state index >= 15 is 0 Å². The highest BCUT2D eigenvalue weighted by Crippen LogP contribution is 2.35. The fourth-order valence-electron chi connectivity index (χ4n) is 2.55. The molecule has 0 amide bonds. The molecule has 1 aliphatic carbocycles. The lowest BCUT2D eigenvalue weighted by Crippen LogP contribution is -2.33. The van der Waals surface area contributed by atoms with Crippen molar-refractivity contribution in [2.45, 2.75) is 46.1 Å². The molecule has 0 aromatic heterocycles. The normalized spacial score (nSPS) is 45.8. The smallest absolute Gasteiger partial charge is 0.0573 e.